The number of fused-ring (bicyclic) bond motifs is 1. The van der Waals surface area contributed by atoms with Crippen molar-refractivity contribution in [2.75, 3.05) is 10.6 Å². The molecule has 0 aliphatic carbocycles. The SMILES string of the molecule is CC(C)C[C@H](Nc1ncnc2cc(Cl)ccc12)C(=O)Nc1nccs1. The zero-order valence-electron chi connectivity index (χ0n) is 13.9. The van der Waals surface area contributed by atoms with E-state index in [-0.39, 0.29) is 5.91 Å². The van der Waals surface area contributed by atoms with Gasteiger partial charge in [-0.3, -0.25) is 4.79 Å². The van der Waals surface area contributed by atoms with Gasteiger partial charge in [-0.25, -0.2) is 15.0 Å². The van der Waals surface area contributed by atoms with Crippen LogP contribution in [0, 0.1) is 5.92 Å². The van der Waals surface area contributed by atoms with Gasteiger partial charge in [0.1, 0.15) is 18.2 Å². The molecule has 1 aromatic carbocycles. The normalized spacial score (nSPS) is 12.3. The number of amides is 1. The van der Waals surface area contributed by atoms with Gasteiger partial charge in [0.2, 0.25) is 5.91 Å². The number of hydrogen-bond donors (Lipinski definition) is 2. The maximum Gasteiger partial charge on any atom is 0.248 e. The number of nitrogens with one attached hydrogen (secondary N) is 2. The first-order valence-corrected chi connectivity index (χ1v) is 9.16. The molecule has 0 saturated heterocycles. The number of rotatable bonds is 6. The Labute approximate surface area is 154 Å². The van der Waals surface area contributed by atoms with Crippen LogP contribution in [0.5, 0.6) is 0 Å². The molecule has 0 radical (unpaired) electrons. The minimum Gasteiger partial charge on any atom is -0.358 e. The molecule has 0 aliphatic heterocycles. The lowest BCUT2D eigenvalue weighted by Gasteiger charge is -2.20. The first kappa shape index (κ1) is 17.6. The van der Waals surface area contributed by atoms with E-state index in [0.29, 0.717) is 28.3 Å². The number of anilines is 2. The fourth-order valence-corrected chi connectivity index (χ4v) is 3.19. The minimum atomic E-state index is -0.433. The van der Waals surface area contributed by atoms with E-state index < -0.39 is 6.04 Å². The molecule has 25 heavy (non-hydrogen) atoms. The van der Waals surface area contributed by atoms with Crippen LogP contribution in [0.2, 0.25) is 5.02 Å². The number of carbonyl (C=O) groups excluding carboxylic acids is 1. The summed E-state index contributed by atoms with van der Waals surface area (Å²) in [4.78, 5) is 25.3. The van der Waals surface area contributed by atoms with Crippen LogP contribution < -0.4 is 10.6 Å². The van der Waals surface area contributed by atoms with Gasteiger partial charge >= 0.3 is 0 Å². The van der Waals surface area contributed by atoms with Crippen molar-refractivity contribution in [3.63, 3.8) is 0 Å². The Morgan fingerprint density at radius 2 is 2.12 bits per heavy atom. The predicted molar refractivity (Wildman–Crippen MR) is 102 cm³/mol. The van der Waals surface area contributed by atoms with Gasteiger partial charge in [-0.15, -0.1) is 11.3 Å². The molecule has 2 heterocycles. The Hall–Kier alpha value is -2.25. The van der Waals surface area contributed by atoms with E-state index in [1.807, 2.05) is 11.4 Å². The van der Waals surface area contributed by atoms with Crippen LogP contribution in [0.4, 0.5) is 10.9 Å². The van der Waals surface area contributed by atoms with Crippen molar-refractivity contribution in [2.45, 2.75) is 26.3 Å². The summed E-state index contributed by atoms with van der Waals surface area (Å²) in [5, 5.41) is 9.94. The van der Waals surface area contributed by atoms with Crippen molar-refractivity contribution in [1.29, 1.82) is 0 Å². The number of halogens is 1. The van der Waals surface area contributed by atoms with Gasteiger partial charge in [0.15, 0.2) is 5.13 Å². The summed E-state index contributed by atoms with van der Waals surface area (Å²) in [6.07, 6.45) is 3.79. The molecular weight excluding hydrogens is 358 g/mol. The second-order valence-corrected chi connectivity index (χ2v) is 7.37. The molecule has 0 aliphatic rings. The van der Waals surface area contributed by atoms with Gasteiger partial charge in [0.25, 0.3) is 0 Å². The topological polar surface area (TPSA) is 79.8 Å². The Morgan fingerprint density at radius 3 is 2.84 bits per heavy atom. The molecule has 0 spiro atoms. The molecule has 1 atom stereocenters. The number of hydrogen-bond acceptors (Lipinski definition) is 6. The molecule has 1 amide bonds. The third kappa shape index (κ3) is 4.43. The number of carbonyl (C=O) groups is 1. The maximum atomic E-state index is 12.7. The molecule has 2 N–H and O–H groups in total. The first-order valence-electron chi connectivity index (χ1n) is 7.90. The Morgan fingerprint density at radius 1 is 1.28 bits per heavy atom. The van der Waals surface area contributed by atoms with E-state index in [4.69, 9.17) is 11.6 Å². The van der Waals surface area contributed by atoms with Gasteiger partial charge in [-0.2, -0.15) is 0 Å². The first-order chi connectivity index (χ1) is 12.0. The van der Waals surface area contributed by atoms with Crippen LogP contribution in [0.15, 0.2) is 36.1 Å². The van der Waals surface area contributed by atoms with Gasteiger partial charge in [-0.05, 0) is 30.5 Å². The highest BCUT2D eigenvalue weighted by atomic mass is 35.5. The van der Waals surface area contributed by atoms with Crippen LogP contribution >= 0.6 is 22.9 Å². The zero-order chi connectivity index (χ0) is 17.8. The van der Waals surface area contributed by atoms with Crippen LogP contribution in [0.1, 0.15) is 20.3 Å². The average molecular weight is 376 g/mol. The lowest BCUT2D eigenvalue weighted by atomic mass is 10.0. The van der Waals surface area contributed by atoms with Gasteiger partial charge < -0.3 is 10.6 Å². The molecule has 0 saturated carbocycles. The van der Waals surface area contributed by atoms with E-state index >= 15 is 0 Å². The van der Waals surface area contributed by atoms with Crippen LogP contribution in [0.25, 0.3) is 10.9 Å². The van der Waals surface area contributed by atoms with Crippen LogP contribution in [-0.2, 0) is 4.79 Å². The molecular formula is C17H18ClN5OS. The molecule has 8 heteroatoms. The van der Waals surface area contributed by atoms with Crippen molar-refractivity contribution in [3.8, 4) is 0 Å². The van der Waals surface area contributed by atoms with E-state index in [1.165, 1.54) is 17.7 Å². The molecule has 3 rings (SSSR count). The van der Waals surface area contributed by atoms with Gasteiger partial charge in [0.05, 0.1) is 5.52 Å². The highest BCUT2D eigenvalue weighted by Crippen LogP contribution is 2.24. The summed E-state index contributed by atoms with van der Waals surface area (Å²) in [6, 6.07) is 4.98. The fourth-order valence-electron chi connectivity index (χ4n) is 2.49. The van der Waals surface area contributed by atoms with Gasteiger partial charge in [0, 0.05) is 22.0 Å². The van der Waals surface area contributed by atoms with E-state index in [9.17, 15) is 4.79 Å². The van der Waals surface area contributed by atoms with Crippen molar-refractivity contribution < 1.29 is 4.79 Å². The second-order valence-electron chi connectivity index (χ2n) is 6.04. The Balaban J connectivity index is 1.86. The van der Waals surface area contributed by atoms with Crippen molar-refractivity contribution >= 4 is 50.7 Å². The third-order valence-electron chi connectivity index (χ3n) is 3.60. The van der Waals surface area contributed by atoms with Crippen LogP contribution in [-0.4, -0.2) is 26.9 Å². The summed E-state index contributed by atoms with van der Waals surface area (Å²) in [5.41, 5.74) is 0.730. The largest absolute Gasteiger partial charge is 0.358 e. The maximum absolute atomic E-state index is 12.7. The molecule has 0 bridgehead atoms. The van der Waals surface area contributed by atoms with Crippen molar-refractivity contribution in [3.05, 3.63) is 41.1 Å². The van der Waals surface area contributed by atoms with E-state index in [1.54, 1.807) is 18.3 Å². The lowest BCUT2D eigenvalue weighted by Crippen LogP contribution is -2.36. The van der Waals surface area contributed by atoms with Crippen molar-refractivity contribution in [1.82, 2.24) is 15.0 Å². The zero-order valence-corrected chi connectivity index (χ0v) is 15.4. The summed E-state index contributed by atoms with van der Waals surface area (Å²) < 4.78 is 0. The predicted octanol–water partition coefficient (Wildman–Crippen LogP) is 4.21. The van der Waals surface area contributed by atoms with Crippen molar-refractivity contribution in [2.24, 2.45) is 5.92 Å². The molecule has 6 nitrogen and oxygen atoms in total. The standard InChI is InChI=1S/C17H18ClN5OS/c1-10(2)7-14(16(24)23-17-19-5-6-25-17)22-15-12-4-3-11(18)8-13(12)20-9-21-15/h3-6,8-10,14H,7H2,1-2H3,(H,19,23,24)(H,20,21,22)/t14-/m0/s1. The third-order valence-corrected chi connectivity index (χ3v) is 4.52. The summed E-state index contributed by atoms with van der Waals surface area (Å²) in [6.45, 7) is 4.15. The molecule has 3 aromatic rings. The summed E-state index contributed by atoms with van der Waals surface area (Å²) >= 11 is 7.41. The molecule has 2 aromatic heterocycles. The van der Waals surface area contributed by atoms with E-state index in [2.05, 4.69) is 39.4 Å². The fraction of sp³-hybridized carbons (Fsp3) is 0.294. The average Bonchev–Trinajstić information content (AvgIpc) is 3.06. The Kier molecular flexibility index (Phi) is 5.45. The van der Waals surface area contributed by atoms with Gasteiger partial charge in [-0.1, -0.05) is 25.4 Å². The minimum absolute atomic E-state index is 0.135. The summed E-state index contributed by atoms with van der Waals surface area (Å²) in [5.74, 6) is 0.813. The lowest BCUT2D eigenvalue weighted by molar-refractivity contribution is -0.117. The number of thiazole rings is 1. The van der Waals surface area contributed by atoms with Crippen LogP contribution in [0.3, 0.4) is 0 Å². The number of nitrogens with zero attached hydrogens (tertiary/aromatic N) is 3. The monoisotopic (exact) mass is 375 g/mol. The smallest absolute Gasteiger partial charge is 0.248 e. The number of benzene rings is 1. The highest BCUT2D eigenvalue weighted by Gasteiger charge is 2.22. The molecule has 0 unspecified atom stereocenters. The highest BCUT2D eigenvalue weighted by molar-refractivity contribution is 7.13. The summed E-state index contributed by atoms with van der Waals surface area (Å²) in [7, 11) is 0. The quantitative estimate of drug-likeness (QED) is 0.674. The van der Waals surface area contributed by atoms with E-state index in [0.717, 1.165) is 10.9 Å². The molecule has 130 valence electrons. The molecule has 0 fully saturated rings. The Bertz CT molecular complexity index is 869. The second kappa shape index (κ2) is 7.76. The number of aromatic nitrogens is 3.